The van der Waals surface area contributed by atoms with Gasteiger partial charge in [-0.05, 0) is 55.3 Å². The van der Waals surface area contributed by atoms with Gasteiger partial charge in [-0.1, -0.05) is 23.7 Å². The zero-order valence-electron chi connectivity index (χ0n) is 16.5. The van der Waals surface area contributed by atoms with Gasteiger partial charge >= 0.3 is 0 Å². The van der Waals surface area contributed by atoms with Gasteiger partial charge in [-0.3, -0.25) is 9.80 Å². The van der Waals surface area contributed by atoms with Crippen molar-refractivity contribution in [3.05, 3.63) is 53.1 Å². The number of piperazine rings is 1. The van der Waals surface area contributed by atoms with E-state index in [-0.39, 0.29) is 0 Å². The number of halogens is 1. The molecule has 152 valence electrons. The van der Waals surface area contributed by atoms with Crippen molar-refractivity contribution < 1.29 is 0 Å². The Labute approximate surface area is 181 Å². The predicted molar refractivity (Wildman–Crippen MR) is 121 cm³/mol. The maximum Gasteiger partial charge on any atom is 0.105 e. The van der Waals surface area contributed by atoms with E-state index in [4.69, 9.17) is 11.6 Å². The summed E-state index contributed by atoms with van der Waals surface area (Å²) in [5.74, 6) is 0. The first-order valence-corrected chi connectivity index (χ1v) is 11.5. The van der Waals surface area contributed by atoms with Crippen LogP contribution in [0.3, 0.4) is 0 Å². The van der Waals surface area contributed by atoms with E-state index in [0.29, 0.717) is 6.04 Å². The molecule has 0 radical (unpaired) electrons. The summed E-state index contributed by atoms with van der Waals surface area (Å²) in [6.45, 7) is 7.75. The molecule has 0 saturated carbocycles. The summed E-state index contributed by atoms with van der Waals surface area (Å²) in [5, 5.41) is 0.819. The van der Waals surface area contributed by atoms with E-state index < -0.39 is 0 Å². The summed E-state index contributed by atoms with van der Waals surface area (Å²) >= 11 is 7.47. The van der Waals surface area contributed by atoms with E-state index >= 15 is 0 Å². The average molecular weight is 428 g/mol. The number of rotatable bonds is 4. The van der Waals surface area contributed by atoms with Gasteiger partial charge in [0.05, 0.1) is 11.7 Å². The molecule has 0 bridgehead atoms. The van der Waals surface area contributed by atoms with Gasteiger partial charge in [-0.25, -0.2) is 0 Å². The number of aromatic nitrogens is 2. The molecule has 0 aliphatic carbocycles. The minimum Gasteiger partial charge on any atom is -0.369 e. The second-order valence-corrected chi connectivity index (χ2v) is 9.09. The molecule has 3 heterocycles. The third kappa shape index (κ3) is 4.40. The number of piperidine rings is 1. The zero-order chi connectivity index (χ0) is 19.6. The van der Waals surface area contributed by atoms with Crippen molar-refractivity contribution in [1.29, 1.82) is 0 Å². The van der Waals surface area contributed by atoms with Crippen LogP contribution >= 0.6 is 23.3 Å². The first kappa shape index (κ1) is 19.2. The molecular formula is C22H26ClN5S. The van der Waals surface area contributed by atoms with Crippen LogP contribution in [0.15, 0.2) is 42.5 Å². The van der Waals surface area contributed by atoms with Crippen LogP contribution in [0.1, 0.15) is 18.4 Å². The minimum atomic E-state index is 0.662. The number of hydrogen-bond acceptors (Lipinski definition) is 6. The van der Waals surface area contributed by atoms with Gasteiger partial charge in [0.2, 0.25) is 0 Å². The van der Waals surface area contributed by atoms with Crippen LogP contribution < -0.4 is 4.90 Å². The molecule has 1 atom stereocenters. The summed E-state index contributed by atoms with van der Waals surface area (Å²) in [4.78, 5) is 7.76. The lowest BCUT2D eigenvalue weighted by Crippen LogP contribution is -2.55. The van der Waals surface area contributed by atoms with Crippen LogP contribution in [0, 0.1) is 0 Å². The molecule has 2 fully saturated rings. The molecule has 5 nitrogen and oxygen atoms in total. The lowest BCUT2D eigenvalue weighted by atomic mass is 10.0. The Morgan fingerprint density at radius 2 is 1.83 bits per heavy atom. The number of nitrogens with zero attached hydrogens (tertiary/aromatic N) is 5. The normalized spacial score (nSPS) is 21.7. The molecule has 1 unspecified atom stereocenters. The van der Waals surface area contributed by atoms with Gasteiger partial charge in [0.25, 0.3) is 0 Å². The van der Waals surface area contributed by atoms with Crippen molar-refractivity contribution in [3.8, 4) is 0 Å². The maximum absolute atomic E-state index is 6.17. The molecule has 7 heteroatoms. The Bertz CT molecular complexity index is 969. The third-order valence-corrected chi connectivity index (χ3v) is 7.00. The first-order valence-electron chi connectivity index (χ1n) is 10.4. The van der Waals surface area contributed by atoms with Crippen LogP contribution in [0.2, 0.25) is 5.02 Å². The van der Waals surface area contributed by atoms with Gasteiger partial charge < -0.3 is 4.90 Å². The highest BCUT2D eigenvalue weighted by Gasteiger charge is 2.28. The standard InChI is InChI=1S/C22H26ClN5S/c23-18-3-1-4-19(14-18)27-9-11-28(12-10-27)20-5-2-8-26(16-20)15-17-6-7-21-22(13-17)25-29-24-21/h1,3-4,6-7,13-14,20H,2,5,8-12,15-16H2. The van der Waals surface area contributed by atoms with E-state index in [1.807, 2.05) is 12.1 Å². The van der Waals surface area contributed by atoms with E-state index in [1.54, 1.807) is 0 Å². The second-order valence-electron chi connectivity index (χ2n) is 8.12. The fourth-order valence-corrected chi connectivity index (χ4v) is 5.38. The molecule has 3 aromatic rings. The molecular weight excluding hydrogens is 402 g/mol. The van der Waals surface area contributed by atoms with Gasteiger partial charge in [-0.15, -0.1) is 0 Å². The highest BCUT2D eigenvalue weighted by Crippen LogP contribution is 2.24. The van der Waals surface area contributed by atoms with Crippen molar-refractivity contribution in [2.75, 3.05) is 44.2 Å². The van der Waals surface area contributed by atoms with Crippen LogP contribution in [-0.4, -0.2) is 63.9 Å². The molecule has 0 N–H and O–H groups in total. The molecule has 2 aromatic carbocycles. The van der Waals surface area contributed by atoms with Gasteiger partial charge in [-0.2, -0.15) is 8.75 Å². The van der Waals surface area contributed by atoms with Crippen LogP contribution in [-0.2, 0) is 6.54 Å². The highest BCUT2D eigenvalue weighted by molar-refractivity contribution is 7.00. The first-order chi connectivity index (χ1) is 14.2. The average Bonchev–Trinajstić information content (AvgIpc) is 3.22. The molecule has 2 saturated heterocycles. The predicted octanol–water partition coefficient (Wildman–Crippen LogP) is 4.13. The maximum atomic E-state index is 6.17. The van der Waals surface area contributed by atoms with Crippen LogP contribution in [0.5, 0.6) is 0 Å². The summed E-state index contributed by atoms with van der Waals surface area (Å²) in [6.07, 6.45) is 2.59. The van der Waals surface area contributed by atoms with Crippen molar-refractivity contribution in [1.82, 2.24) is 18.5 Å². The van der Waals surface area contributed by atoms with Gasteiger partial charge in [0.1, 0.15) is 11.0 Å². The highest BCUT2D eigenvalue weighted by atomic mass is 35.5. The monoisotopic (exact) mass is 427 g/mol. The van der Waals surface area contributed by atoms with Crippen LogP contribution in [0.25, 0.3) is 11.0 Å². The second kappa shape index (κ2) is 8.56. The quantitative estimate of drug-likeness (QED) is 0.625. The Kier molecular flexibility index (Phi) is 5.68. The molecule has 0 amide bonds. The van der Waals surface area contributed by atoms with Crippen molar-refractivity contribution in [2.45, 2.75) is 25.4 Å². The molecule has 5 rings (SSSR count). The van der Waals surface area contributed by atoms with Crippen LogP contribution in [0.4, 0.5) is 5.69 Å². The van der Waals surface area contributed by atoms with E-state index in [9.17, 15) is 0 Å². The van der Waals surface area contributed by atoms with E-state index in [0.717, 1.165) is 55.3 Å². The van der Waals surface area contributed by atoms with Crippen molar-refractivity contribution >= 4 is 40.0 Å². The number of likely N-dealkylation sites (tertiary alicyclic amines) is 1. The van der Waals surface area contributed by atoms with E-state index in [2.05, 4.69) is 53.8 Å². The Morgan fingerprint density at radius 1 is 0.966 bits per heavy atom. The Balaban J connectivity index is 1.18. The lowest BCUT2D eigenvalue weighted by molar-refractivity contribution is 0.0888. The molecule has 0 spiro atoms. The van der Waals surface area contributed by atoms with Gasteiger partial charge in [0.15, 0.2) is 0 Å². The number of benzene rings is 2. The summed E-state index contributed by atoms with van der Waals surface area (Å²) in [7, 11) is 0. The van der Waals surface area contributed by atoms with Gasteiger partial charge in [0, 0.05) is 56.0 Å². The largest absolute Gasteiger partial charge is 0.369 e. The summed E-state index contributed by atoms with van der Waals surface area (Å²) in [5.41, 5.74) is 4.62. The summed E-state index contributed by atoms with van der Waals surface area (Å²) in [6, 6.07) is 15.4. The smallest absolute Gasteiger partial charge is 0.105 e. The molecule has 2 aliphatic heterocycles. The Morgan fingerprint density at radius 3 is 2.69 bits per heavy atom. The van der Waals surface area contributed by atoms with Crippen molar-refractivity contribution in [2.24, 2.45) is 0 Å². The van der Waals surface area contributed by atoms with E-state index in [1.165, 1.54) is 42.4 Å². The summed E-state index contributed by atoms with van der Waals surface area (Å²) < 4.78 is 8.70. The fraction of sp³-hybridized carbons (Fsp3) is 0.455. The number of anilines is 1. The zero-order valence-corrected chi connectivity index (χ0v) is 18.1. The number of hydrogen-bond donors (Lipinski definition) is 0. The molecule has 29 heavy (non-hydrogen) atoms. The molecule has 2 aliphatic rings. The minimum absolute atomic E-state index is 0.662. The Hall–Kier alpha value is -1.73. The molecule has 1 aromatic heterocycles. The SMILES string of the molecule is Clc1cccc(N2CCN(C3CCCN(Cc4ccc5nsnc5c4)C3)CC2)c1. The van der Waals surface area contributed by atoms with Crippen molar-refractivity contribution in [3.63, 3.8) is 0 Å². The topological polar surface area (TPSA) is 35.5 Å². The third-order valence-electron chi connectivity index (χ3n) is 6.21. The lowest BCUT2D eigenvalue weighted by Gasteiger charge is -2.44. The fourth-order valence-electron chi connectivity index (χ4n) is 4.68. The number of fused-ring (bicyclic) bond motifs is 1.